The van der Waals surface area contributed by atoms with Gasteiger partial charge in [-0.05, 0) is 42.0 Å². The van der Waals surface area contributed by atoms with Crippen molar-refractivity contribution in [1.29, 1.82) is 0 Å². The Morgan fingerprint density at radius 1 is 1.04 bits per heavy atom. The van der Waals surface area contributed by atoms with Crippen LogP contribution in [-0.2, 0) is 0 Å². The Kier molecular flexibility index (Phi) is 4.73. The predicted octanol–water partition coefficient (Wildman–Crippen LogP) is 5.04. The minimum absolute atomic E-state index is 0.138. The molecule has 0 bridgehead atoms. The van der Waals surface area contributed by atoms with E-state index in [1.165, 1.54) is 0 Å². The van der Waals surface area contributed by atoms with Crippen LogP contribution in [0.15, 0.2) is 59.1 Å². The number of rotatable bonds is 3. The van der Waals surface area contributed by atoms with Gasteiger partial charge in [-0.3, -0.25) is 0 Å². The largest absolute Gasteiger partial charge is 0.508 e. The summed E-state index contributed by atoms with van der Waals surface area (Å²) in [6.45, 7) is 1.78. The number of hydrogen-bond donors (Lipinski definition) is 3. The van der Waals surface area contributed by atoms with E-state index in [2.05, 4.69) is 21.2 Å². The highest BCUT2D eigenvalue weighted by Crippen LogP contribution is 2.39. The third kappa shape index (κ3) is 3.23. The zero-order valence-electron chi connectivity index (χ0n) is 13.0. The molecule has 0 saturated carbocycles. The summed E-state index contributed by atoms with van der Waals surface area (Å²) >= 11 is 8.67. The van der Waals surface area contributed by atoms with Crippen molar-refractivity contribution in [2.45, 2.75) is 13.0 Å². The van der Waals surface area contributed by atoms with Crippen molar-refractivity contribution in [3.05, 3.63) is 70.2 Å². The molecular weight excluding hydrogens is 386 g/mol. The number of benzene rings is 3. The minimum Gasteiger partial charge on any atom is -0.508 e. The van der Waals surface area contributed by atoms with Gasteiger partial charge in [-0.15, -0.1) is 0 Å². The first kappa shape index (κ1) is 16.7. The Morgan fingerprint density at radius 3 is 2.50 bits per heavy atom. The molecule has 1 atom stereocenters. The summed E-state index contributed by atoms with van der Waals surface area (Å²) in [6.07, 6.45) is 0. The van der Waals surface area contributed by atoms with Gasteiger partial charge in [0.1, 0.15) is 11.5 Å². The van der Waals surface area contributed by atoms with E-state index < -0.39 is 6.04 Å². The van der Waals surface area contributed by atoms with Gasteiger partial charge in [0, 0.05) is 15.6 Å². The highest BCUT2D eigenvalue weighted by Gasteiger charge is 2.23. The van der Waals surface area contributed by atoms with Crippen molar-refractivity contribution in [3.63, 3.8) is 0 Å². The number of phenols is 2. The molecule has 3 N–H and O–H groups in total. The van der Waals surface area contributed by atoms with E-state index in [9.17, 15) is 10.2 Å². The number of hydrogen-bond acceptors (Lipinski definition) is 3. The van der Waals surface area contributed by atoms with Gasteiger partial charge in [0.25, 0.3) is 0 Å². The van der Waals surface area contributed by atoms with Gasteiger partial charge < -0.3 is 15.5 Å². The smallest absolute Gasteiger partial charge is 0.121 e. The molecule has 0 aromatic heterocycles. The number of thiocarbonyl (C=S) groups is 1. The van der Waals surface area contributed by atoms with E-state index in [-0.39, 0.29) is 11.5 Å². The highest BCUT2D eigenvalue weighted by molar-refractivity contribution is 9.10. The van der Waals surface area contributed by atoms with E-state index in [1.54, 1.807) is 25.1 Å². The molecule has 122 valence electrons. The SMILES string of the molecule is CC(=S)NC(c1cc(Br)ccc1O)c1c(O)ccc2ccccc12. The molecule has 3 aromatic carbocycles. The lowest BCUT2D eigenvalue weighted by Crippen LogP contribution is -2.26. The fourth-order valence-electron chi connectivity index (χ4n) is 2.85. The first-order valence-electron chi connectivity index (χ1n) is 7.43. The van der Waals surface area contributed by atoms with Crippen molar-refractivity contribution >= 4 is 43.9 Å². The van der Waals surface area contributed by atoms with Crippen LogP contribution in [0.5, 0.6) is 11.5 Å². The maximum absolute atomic E-state index is 10.5. The molecule has 5 heteroatoms. The molecule has 24 heavy (non-hydrogen) atoms. The van der Waals surface area contributed by atoms with Crippen LogP contribution < -0.4 is 5.32 Å². The second-order valence-electron chi connectivity index (χ2n) is 5.56. The number of phenolic OH excluding ortho intramolecular Hbond substituents is 2. The van der Waals surface area contributed by atoms with Crippen LogP contribution >= 0.6 is 28.1 Å². The second kappa shape index (κ2) is 6.79. The molecule has 3 rings (SSSR count). The highest BCUT2D eigenvalue weighted by atomic mass is 79.9. The molecule has 1 unspecified atom stereocenters. The second-order valence-corrected chi connectivity index (χ2v) is 7.08. The summed E-state index contributed by atoms with van der Waals surface area (Å²) in [7, 11) is 0. The molecule has 0 fully saturated rings. The zero-order chi connectivity index (χ0) is 17.3. The maximum atomic E-state index is 10.5. The van der Waals surface area contributed by atoms with Crippen LogP contribution in [0.4, 0.5) is 0 Å². The monoisotopic (exact) mass is 401 g/mol. The van der Waals surface area contributed by atoms with Crippen LogP contribution in [0.1, 0.15) is 24.1 Å². The molecule has 0 amide bonds. The van der Waals surface area contributed by atoms with Crippen molar-refractivity contribution in [2.24, 2.45) is 0 Å². The zero-order valence-corrected chi connectivity index (χ0v) is 15.4. The van der Waals surface area contributed by atoms with Crippen LogP contribution in [0.2, 0.25) is 0 Å². The first-order chi connectivity index (χ1) is 11.5. The third-order valence-corrected chi connectivity index (χ3v) is 4.50. The topological polar surface area (TPSA) is 52.5 Å². The number of fused-ring (bicyclic) bond motifs is 1. The van der Waals surface area contributed by atoms with Gasteiger partial charge in [-0.2, -0.15) is 0 Å². The summed E-state index contributed by atoms with van der Waals surface area (Å²) in [4.78, 5) is 0.576. The van der Waals surface area contributed by atoms with Crippen LogP contribution in [0.3, 0.4) is 0 Å². The Labute approximate surface area is 154 Å². The molecule has 0 aliphatic heterocycles. The van der Waals surface area contributed by atoms with Gasteiger partial charge in [0.2, 0.25) is 0 Å². The first-order valence-corrected chi connectivity index (χ1v) is 8.63. The lowest BCUT2D eigenvalue weighted by atomic mass is 9.92. The van der Waals surface area contributed by atoms with Crippen LogP contribution in [0, 0.1) is 0 Å². The third-order valence-electron chi connectivity index (χ3n) is 3.88. The summed E-state index contributed by atoms with van der Waals surface area (Å²) in [5.41, 5.74) is 1.32. The Balaban J connectivity index is 2.29. The average Bonchev–Trinajstić information content (AvgIpc) is 2.55. The summed E-state index contributed by atoms with van der Waals surface area (Å²) in [6, 6.07) is 16.1. The molecule has 0 radical (unpaired) electrons. The summed E-state index contributed by atoms with van der Waals surface area (Å²) in [5.74, 6) is 0.293. The molecule has 3 aromatic rings. The van der Waals surface area contributed by atoms with E-state index in [0.29, 0.717) is 16.1 Å². The van der Waals surface area contributed by atoms with E-state index >= 15 is 0 Å². The van der Waals surface area contributed by atoms with Crippen molar-refractivity contribution in [1.82, 2.24) is 5.32 Å². The number of nitrogens with one attached hydrogen (secondary N) is 1. The average molecular weight is 402 g/mol. The number of aromatic hydroxyl groups is 2. The molecule has 0 heterocycles. The van der Waals surface area contributed by atoms with Gasteiger partial charge in [0.15, 0.2) is 0 Å². The van der Waals surface area contributed by atoms with Gasteiger partial charge in [0.05, 0.1) is 11.0 Å². The van der Waals surface area contributed by atoms with E-state index in [0.717, 1.165) is 15.2 Å². The Bertz CT molecular complexity index is 926. The fraction of sp³-hybridized carbons (Fsp3) is 0.105. The summed E-state index contributed by atoms with van der Waals surface area (Å²) in [5, 5.41) is 26.0. The Morgan fingerprint density at radius 2 is 1.75 bits per heavy atom. The van der Waals surface area contributed by atoms with Crippen LogP contribution in [0.25, 0.3) is 10.8 Å². The molecule has 3 nitrogen and oxygen atoms in total. The van der Waals surface area contributed by atoms with Gasteiger partial charge in [-0.1, -0.05) is 58.5 Å². The minimum atomic E-state index is -0.467. The summed E-state index contributed by atoms with van der Waals surface area (Å²) < 4.78 is 0.837. The van der Waals surface area contributed by atoms with Crippen molar-refractivity contribution in [2.75, 3.05) is 0 Å². The quantitative estimate of drug-likeness (QED) is 0.538. The fourth-order valence-corrected chi connectivity index (χ4v) is 3.35. The van der Waals surface area contributed by atoms with Crippen LogP contribution in [-0.4, -0.2) is 15.2 Å². The molecule has 0 saturated heterocycles. The van der Waals surface area contributed by atoms with Gasteiger partial charge >= 0.3 is 0 Å². The standard InChI is InChI=1S/C19H16BrNO2S/c1-11(24)21-19(15-10-13(20)7-9-16(15)22)18-14-5-3-2-4-12(14)6-8-17(18)23/h2-10,19,22-23H,1H3,(H,21,24). The molecule has 0 spiro atoms. The van der Waals surface area contributed by atoms with E-state index in [4.69, 9.17) is 12.2 Å². The number of halogens is 1. The van der Waals surface area contributed by atoms with Crippen molar-refractivity contribution < 1.29 is 10.2 Å². The maximum Gasteiger partial charge on any atom is 0.121 e. The predicted molar refractivity (Wildman–Crippen MR) is 105 cm³/mol. The Hall–Kier alpha value is -2.11. The molecule has 0 aliphatic carbocycles. The van der Waals surface area contributed by atoms with Gasteiger partial charge in [-0.25, -0.2) is 0 Å². The molecule has 0 aliphatic rings. The molecular formula is C19H16BrNO2S. The lowest BCUT2D eigenvalue weighted by molar-refractivity contribution is 0.452. The lowest BCUT2D eigenvalue weighted by Gasteiger charge is -2.24. The normalized spacial score (nSPS) is 12.1. The van der Waals surface area contributed by atoms with Crippen molar-refractivity contribution in [3.8, 4) is 11.5 Å². The van der Waals surface area contributed by atoms with E-state index in [1.807, 2.05) is 36.4 Å².